The largest absolute Gasteiger partial charge is 0.399 e. The molecule has 1 fully saturated rings. The predicted molar refractivity (Wildman–Crippen MR) is 79.5 cm³/mol. The molecule has 1 aliphatic carbocycles. The van der Waals surface area contributed by atoms with Crippen molar-refractivity contribution in [2.75, 3.05) is 5.73 Å². The first-order valence-electron chi connectivity index (χ1n) is 6.45. The number of nitrogen functional groups attached to an aromatic ring is 1. The SMILES string of the molecule is CC1CCCC(Sc2ccc(N)cc2S(N)(=O)=O)C1. The molecule has 19 heavy (non-hydrogen) atoms. The second-order valence-electron chi connectivity index (χ2n) is 5.26. The molecule has 0 heterocycles. The van der Waals surface area contributed by atoms with E-state index in [-0.39, 0.29) is 4.90 Å². The number of nitrogens with two attached hydrogens (primary N) is 2. The first kappa shape index (κ1) is 14.7. The fourth-order valence-electron chi connectivity index (χ4n) is 2.51. The van der Waals surface area contributed by atoms with Crippen molar-refractivity contribution in [2.24, 2.45) is 11.1 Å². The van der Waals surface area contributed by atoms with Crippen LogP contribution in [-0.4, -0.2) is 13.7 Å². The summed E-state index contributed by atoms with van der Waals surface area (Å²) < 4.78 is 23.2. The summed E-state index contributed by atoms with van der Waals surface area (Å²) in [6.45, 7) is 2.25. The van der Waals surface area contributed by atoms with Gasteiger partial charge in [-0.05, 0) is 37.0 Å². The van der Waals surface area contributed by atoms with Crippen LogP contribution in [0.15, 0.2) is 28.0 Å². The van der Waals surface area contributed by atoms with Gasteiger partial charge in [-0.25, -0.2) is 13.6 Å². The second-order valence-corrected chi connectivity index (χ2v) is 8.13. The molecule has 6 heteroatoms. The molecule has 2 rings (SSSR count). The van der Waals surface area contributed by atoms with E-state index in [1.165, 1.54) is 18.9 Å². The fourth-order valence-corrected chi connectivity index (χ4v) is 5.04. The molecule has 4 N–H and O–H groups in total. The zero-order valence-corrected chi connectivity index (χ0v) is 12.6. The Morgan fingerprint density at radius 1 is 1.32 bits per heavy atom. The van der Waals surface area contributed by atoms with E-state index in [9.17, 15) is 8.42 Å². The van der Waals surface area contributed by atoms with Crippen molar-refractivity contribution in [1.29, 1.82) is 0 Å². The molecule has 0 radical (unpaired) electrons. The van der Waals surface area contributed by atoms with Crippen LogP contribution in [0.3, 0.4) is 0 Å². The molecule has 4 nitrogen and oxygen atoms in total. The van der Waals surface area contributed by atoms with Gasteiger partial charge >= 0.3 is 0 Å². The van der Waals surface area contributed by atoms with Crippen molar-refractivity contribution >= 4 is 27.5 Å². The molecule has 0 amide bonds. The van der Waals surface area contributed by atoms with Crippen molar-refractivity contribution in [1.82, 2.24) is 0 Å². The Morgan fingerprint density at radius 3 is 2.68 bits per heavy atom. The van der Waals surface area contributed by atoms with Crippen LogP contribution in [-0.2, 0) is 10.0 Å². The summed E-state index contributed by atoms with van der Waals surface area (Å²) in [6, 6.07) is 4.94. The summed E-state index contributed by atoms with van der Waals surface area (Å²) in [6.07, 6.45) is 4.72. The van der Waals surface area contributed by atoms with E-state index in [1.807, 2.05) is 0 Å². The predicted octanol–water partition coefficient (Wildman–Crippen LogP) is 2.59. The minimum Gasteiger partial charge on any atom is -0.399 e. The number of sulfonamides is 1. The molecular weight excluding hydrogens is 280 g/mol. The molecule has 0 aliphatic heterocycles. The number of thioether (sulfide) groups is 1. The molecule has 1 aromatic carbocycles. The number of primary sulfonamides is 1. The van der Waals surface area contributed by atoms with Crippen LogP contribution in [0.2, 0.25) is 0 Å². The van der Waals surface area contributed by atoms with Crippen LogP contribution in [0, 0.1) is 5.92 Å². The van der Waals surface area contributed by atoms with Gasteiger partial charge in [-0.3, -0.25) is 0 Å². The maximum Gasteiger partial charge on any atom is 0.239 e. The molecule has 1 saturated carbocycles. The number of hydrogen-bond donors (Lipinski definition) is 2. The van der Waals surface area contributed by atoms with E-state index in [4.69, 9.17) is 10.9 Å². The molecular formula is C13H20N2O2S2. The molecule has 0 aromatic heterocycles. The van der Waals surface area contributed by atoms with E-state index in [2.05, 4.69) is 6.92 Å². The Labute approximate surface area is 119 Å². The zero-order valence-electron chi connectivity index (χ0n) is 11.0. The minimum atomic E-state index is -3.72. The summed E-state index contributed by atoms with van der Waals surface area (Å²) in [5, 5.41) is 5.73. The highest BCUT2D eigenvalue weighted by atomic mass is 32.2. The molecule has 2 atom stereocenters. The van der Waals surface area contributed by atoms with Gasteiger partial charge in [0.25, 0.3) is 0 Å². The monoisotopic (exact) mass is 300 g/mol. The van der Waals surface area contributed by atoms with Crippen molar-refractivity contribution < 1.29 is 8.42 Å². The molecule has 0 bridgehead atoms. The van der Waals surface area contributed by atoms with E-state index in [1.54, 1.807) is 23.9 Å². The van der Waals surface area contributed by atoms with E-state index in [0.717, 1.165) is 17.7 Å². The summed E-state index contributed by atoms with van der Waals surface area (Å²) in [7, 11) is -3.72. The van der Waals surface area contributed by atoms with Gasteiger partial charge in [0.1, 0.15) is 0 Å². The van der Waals surface area contributed by atoms with Gasteiger partial charge in [0.15, 0.2) is 0 Å². The maximum absolute atomic E-state index is 11.6. The lowest BCUT2D eigenvalue weighted by Crippen LogP contribution is -2.17. The number of rotatable bonds is 3. The van der Waals surface area contributed by atoms with Gasteiger partial charge in [-0.1, -0.05) is 19.8 Å². The van der Waals surface area contributed by atoms with Crippen molar-refractivity contribution in [3.05, 3.63) is 18.2 Å². The number of benzene rings is 1. The lowest BCUT2D eigenvalue weighted by atomic mass is 9.91. The lowest BCUT2D eigenvalue weighted by molar-refractivity contribution is 0.394. The second kappa shape index (κ2) is 5.73. The van der Waals surface area contributed by atoms with E-state index < -0.39 is 10.0 Å². The first-order valence-corrected chi connectivity index (χ1v) is 8.88. The zero-order chi connectivity index (χ0) is 14.0. The fraction of sp³-hybridized carbons (Fsp3) is 0.538. The number of hydrogen-bond acceptors (Lipinski definition) is 4. The molecule has 2 unspecified atom stereocenters. The Kier molecular flexibility index (Phi) is 4.43. The van der Waals surface area contributed by atoms with Gasteiger partial charge < -0.3 is 5.73 Å². The maximum atomic E-state index is 11.6. The normalized spacial score (nSPS) is 24.3. The molecule has 1 aromatic rings. The Bertz CT molecular complexity index is 558. The third-order valence-corrected chi connectivity index (χ3v) is 5.91. The number of anilines is 1. The summed E-state index contributed by atoms with van der Waals surface area (Å²) in [5.74, 6) is 0.706. The molecule has 0 spiro atoms. The molecule has 0 saturated heterocycles. The Hall–Kier alpha value is -0.720. The Balaban J connectivity index is 2.25. The van der Waals surface area contributed by atoms with Crippen molar-refractivity contribution in [3.8, 4) is 0 Å². The standard InChI is InChI=1S/C13H20N2O2S2/c1-9-3-2-4-11(7-9)18-12-6-5-10(14)8-13(12)19(15,16)17/h5-6,8-9,11H,2-4,7,14H2,1H3,(H2,15,16,17). The van der Waals surface area contributed by atoms with Crippen LogP contribution in [0.4, 0.5) is 5.69 Å². The van der Waals surface area contributed by atoms with Crippen LogP contribution in [0.1, 0.15) is 32.6 Å². The van der Waals surface area contributed by atoms with Gasteiger partial charge in [0.2, 0.25) is 10.0 Å². The average Bonchev–Trinajstić information content (AvgIpc) is 2.30. The van der Waals surface area contributed by atoms with Crippen molar-refractivity contribution in [2.45, 2.75) is 47.6 Å². The van der Waals surface area contributed by atoms with Gasteiger partial charge in [0.05, 0.1) is 4.90 Å². The third-order valence-electron chi connectivity index (χ3n) is 3.46. The highest BCUT2D eigenvalue weighted by Crippen LogP contribution is 2.38. The van der Waals surface area contributed by atoms with Crippen LogP contribution in [0.25, 0.3) is 0 Å². The Morgan fingerprint density at radius 2 is 2.05 bits per heavy atom. The summed E-state index contributed by atoms with van der Waals surface area (Å²) in [5.41, 5.74) is 6.07. The van der Waals surface area contributed by atoms with Gasteiger partial charge in [-0.2, -0.15) is 0 Å². The minimum absolute atomic E-state index is 0.149. The van der Waals surface area contributed by atoms with Gasteiger partial charge in [-0.15, -0.1) is 11.8 Å². The highest BCUT2D eigenvalue weighted by Gasteiger charge is 2.23. The van der Waals surface area contributed by atoms with Crippen LogP contribution < -0.4 is 10.9 Å². The highest BCUT2D eigenvalue weighted by molar-refractivity contribution is 8.00. The average molecular weight is 300 g/mol. The van der Waals surface area contributed by atoms with Gasteiger partial charge in [0, 0.05) is 15.8 Å². The van der Waals surface area contributed by atoms with Crippen molar-refractivity contribution in [3.63, 3.8) is 0 Å². The van der Waals surface area contributed by atoms with E-state index in [0.29, 0.717) is 16.9 Å². The topological polar surface area (TPSA) is 86.2 Å². The molecule has 1 aliphatic rings. The quantitative estimate of drug-likeness (QED) is 0.840. The summed E-state index contributed by atoms with van der Waals surface area (Å²) in [4.78, 5) is 0.867. The lowest BCUT2D eigenvalue weighted by Gasteiger charge is -2.26. The smallest absolute Gasteiger partial charge is 0.239 e. The van der Waals surface area contributed by atoms with Crippen LogP contribution >= 0.6 is 11.8 Å². The first-order chi connectivity index (χ1) is 8.86. The third kappa shape index (κ3) is 3.87. The van der Waals surface area contributed by atoms with E-state index >= 15 is 0 Å². The summed E-state index contributed by atoms with van der Waals surface area (Å²) >= 11 is 1.62. The van der Waals surface area contributed by atoms with Crippen LogP contribution in [0.5, 0.6) is 0 Å². The molecule has 106 valence electrons.